The van der Waals surface area contributed by atoms with E-state index in [-0.39, 0.29) is 30.4 Å². The third-order valence-electron chi connectivity index (χ3n) is 5.47. The molecule has 1 aliphatic carbocycles. The van der Waals surface area contributed by atoms with Crippen molar-refractivity contribution in [2.75, 3.05) is 20.3 Å². The summed E-state index contributed by atoms with van der Waals surface area (Å²) in [7, 11) is 1.42. The minimum absolute atomic E-state index is 0.0175. The molecule has 0 unspecified atom stereocenters. The maximum atomic E-state index is 12.2. The third-order valence-corrected chi connectivity index (χ3v) is 5.47. The predicted molar refractivity (Wildman–Crippen MR) is 122 cm³/mol. The second kappa shape index (κ2) is 9.39. The van der Waals surface area contributed by atoms with Gasteiger partial charge < -0.3 is 19.9 Å². The molecule has 6 heteroatoms. The number of alkyl carbamates (subject to hydrolysis) is 1. The molecule has 0 spiro atoms. The molecule has 162 valence electrons. The molecule has 4 rings (SSSR count). The largest absolute Gasteiger partial charge is 0.496 e. The van der Waals surface area contributed by atoms with Crippen LogP contribution in [0.1, 0.15) is 33.0 Å². The number of fused-ring (bicyclic) bond motifs is 3. The molecule has 1 aliphatic rings. The summed E-state index contributed by atoms with van der Waals surface area (Å²) in [6.45, 7) is 0.539. The minimum Gasteiger partial charge on any atom is -0.496 e. The summed E-state index contributed by atoms with van der Waals surface area (Å²) in [4.78, 5) is 23.4. The lowest BCUT2D eigenvalue weighted by Crippen LogP contribution is -2.26. The second-order valence-electron chi connectivity index (χ2n) is 7.37. The van der Waals surface area contributed by atoms with Crippen LogP contribution in [0.5, 0.6) is 5.75 Å². The van der Waals surface area contributed by atoms with E-state index in [1.807, 2.05) is 24.3 Å². The van der Waals surface area contributed by atoms with Crippen molar-refractivity contribution in [1.29, 1.82) is 0 Å². The highest BCUT2D eigenvalue weighted by Crippen LogP contribution is 2.44. The number of amides is 1. The smallest absolute Gasteiger partial charge is 0.407 e. The molecule has 0 aliphatic heterocycles. The van der Waals surface area contributed by atoms with Crippen molar-refractivity contribution in [3.63, 3.8) is 0 Å². The first-order chi connectivity index (χ1) is 15.6. The van der Waals surface area contributed by atoms with Crippen LogP contribution in [0.2, 0.25) is 0 Å². The maximum absolute atomic E-state index is 12.2. The molecular weight excluding hydrogens is 406 g/mol. The highest BCUT2D eigenvalue weighted by atomic mass is 16.5. The Morgan fingerprint density at radius 1 is 1.00 bits per heavy atom. The lowest BCUT2D eigenvalue weighted by Gasteiger charge is -2.14. The molecule has 3 aromatic rings. The van der Waals surface area contributed by atoms with E-state index in [0.717, 1.165) is 5.56 Å². The van der Waals surface area contributed by atoms with Crippen molar-refractivity contribution in [1.82, 2.24) is 5.32 Å². The third kappa shape index (κ3) is 4.34. The zero-order valence-corrected chi connectivity index (χ0v) is 17.6. The van der Waals surface area contributed by atoms with Gasteiger partial charge in [-0.2, -0.15) is 0 Å². The van der Waals surface area contributed by atoms with Gasteiger partial charge in [-0.3, -0.25) is 0 Å². The number of nitrogens with one attached hydrogen (secondary N) is 1. The first-order valence-electron chi connectivity index (χ1n) is 10.2. The fraction of sp³-hybridized carbons (Fsp3) is 0.154. The SMILES string of the molecule is COc1cc(C=CCNC(=O)OCC2c3ccccc3-c3ccccc32)ccc1C(=O)O. The average Bonchev–Trinajstić information content (AvgIpc) is 3.14. The number of carbonyl (C=O) groups is 2. The van der Waals surface area contributed by atoms with Crippen molar-refractivity contribution in [2.24, 2.45) is 0 Å². The molecule has 6 nitrogen and oxygen atoms in total. The van der Waals surface area contributed by atoms with Gasteiger partial charge in [-0.05, 0) is 39.9 Å². The van der Waals surface area contributed by atoms with Gasteiger partial charge >= 0.3 is 12.1 Å². The zero-order chi connectivity index (χ0) is 22.5. The van der Waals surface area contributed by atoms with Crippen LogP contribution in [0.4, 0.5) is 4.79 Å². The van der Waals surface area contributed by atoms with Gasteiger partial charge in [0.2, 0.25) is 0 Å². The van der Waals surface area contributed by atoms with Crippen LogP contribution >= 0.6 is 0 Å². The van der Waals surface area contributed by atoms with Crippen molar-refractivity contribution in [3.05, 3.63) is 95.1 Å². The molecular formula is C26H23NO5. The van der Waals surface area contributed by atoms with Crippen molar-refractivity contribution in [3.8, 4) is 16.9 Å². The molecule has 2 N–H and O–H groups in total. The number of methoxy groups -OCH3 is 1. The number of carboxylic acid groups (broad SMARTS) is 1. The first kappa shape index (κ1) is 21.2. The quantitative estimate of drug-likeness (QED) is 0.555. The molecule has 0 radical (unpaired) electrons. The van der Waals surface area contributed by atoms with Crippen LogP contribution in [-0.2, 0) is 4.74 Å². The van der Waals surface area contributed by atoms with Gasteiger partial charge in [0.1, 0.15) is 17.9 Å². The number of aromatic carboxylic acids is 1. The second-order valence-corrected chi connectivity index (χ2v) is 7.37. The fourth-order valence-electron chi connectivity index (χ4n) is 3.97. The number of ether oxygens (including phenoxy) is 2. The number of benzene rings is 3. The van der Waals surface area contributed by atoms with Gasteiger partial charge in [0.15, 0.2) is 0 Å². The highest BCUT2D eigenvalue weighted by molar-refractivity contribution is 5.91. The molecule has 0 bridgehead atoms. The van der Waals surface area contributed by atoms with Crippen molar-refractivity contribution < 1.29 is 24.2 Å². The predicted octanol–water partition coefficient (Wildman–Crippen LogP) is 4.95. The minimum atomic E-state index is -1.05. The van der Waals surface area contributed by atoms with Gasteiger partial charge in [0, 0.05) is 12.5 Å². The molecule has 0 saturated carbocycles. The Morgan fingerprint density at radius 2 is 1.66 bits per heavy atom. The Morgan fingerprint density at radius 3 is 2.28 bits per heavy atom. The Labute approximate surface area is 186 Å². The van der Waals surface area contributed by atoms with Gasteiger partial charge in [-0.1, -0.05) is 66.7 Å². The van der Waals surface area contributed by atoms with Gasteiger partial charge in [0.05, 0.1) is 7.11 Å². The number of hydrogen-bond donors (Lipinski definition) is 2. The van der Waals surface area contributed by atoms with Crippen LogP contribution in [0.15, 0.2) is 72.8 Å². The summed E-state index contributed by atoms with van der Waals surface area (Å²) in [5, 5.41) is 11.9. The van der Waals surface area contributed by atoms with E-state index >= 15 is 0 Å². The lowest BCUT2D eigenvalue weighted by molar-refractivity contribution is 0.0693. The van der Waals surface area contributed by atoms with Gasteiger partial charge in [-0.15, -0.1) is 0 Å². The van der Waals surface area contributed by atoms with E-state index in [9.17, 15) is 9.59 Å². The highest BCUT2D eigenvalue weighted by Gasteiger charge is 2.28. The summed E-state index contributed by atoms with van der Waals surface area (Å²) < 4.78 is 10.6. The number of hydrogen-bond acceptors (Lipinski definition) is 4. The molecule has 32 heavy (non-hydrogen) atoms. The van der Waals surface area contributed by atoms with Crippen molar-refractivity contribution >= 4 is 18.1 Å². The Hall–Kier alpha value is -4.06. The number of rotatable bonds is 7. The molecule has 3 aromatic carbocycles. The summed E-state index contributed by atoms with van der Waals surface area (Å²) in [5.74, 6) is -0.748. The fourth-order valence-corrected chi connectivity index (χ4v) is 3.97. The summed E-state index contributed by atoms with van der Waals surface area (Å²) >= 11 is 0. The number of carboxylic acids is 1. The molecule has 1 amide bonds. The number of carbonyl (C=O) groups excluding carboxylic acids is 1. The first-order valence-corrected chi connectivity index (χ1v) is 10.2. The molecule has 0 fully saturated rings. The van der Waals surface area contributed by atoms with E-state index in [0.29, 0.717) is 0 Å². The Balaban J connectivity index is 1.32. The van der Waals surface area contributed by atoms with Crippen LogP contribution in [-0.4, -0.2) is 37.4 Å². The average molecular weight is 429 g/mol. The van der Waals surface area contributed by atoms with E-state index < -0.39 is 12.1 Å². The van der Waals surface area contributed by atoms with Crippen LogP contribution < -0.4 is 10.1 Å². The molecule has 0 aromatic heterocycles. The van der Waals surface area contributed by atoms with E-state index in [2.05, 4.69) is 29.6 Å². The molecule has 0 saturated heterocycles. The zero-order valence-electron chi connectivity index (χ0n) is 17.6. The Bertz CT molecular complexity index is 1140. The van der Waals surface area contributed by atoms with Crippen molar-refractivity contribution in [2.45, 2.75) is 5.92 Å². The Kier molecular flexibility index (Phi) is 6.22. The van der Waals surface area contributed by atoms with E-state index in [1.54, 1.807) is 24.3 Å². The van der Waals surface area contributed by atoms with Gasteiger partial charge in [-0.25, -0.2) is 9.59 Å². The standard InChI is InChI=1S/C26H23NO5/c1-31-24-15-17(12-13-22(24)25(28)29)7-6-14-27-26(30)32-16-23-20-10-4-2-8-18(20)19-9-3-5-11-21(19)23/h2-13,15,23H,14,16H2,1H3,(H,27,30)(H,28,29). The monoisotopic (exact) mass is 429 g/mol. The summed E-state index contributed by atoms with van der Waals surface area (Å²) in [6, 6.07) is 21.2. The summed E-state index contributed by atoms with van der Waals surface area (Å²) in [6.07, 6.45) is 3.05. The molecule has 0 heterocycles. The van der Waals surface area contributed by atoms with E-state index in [4.69, 9.17) is 14.6 Å². The lowest BCUT2D eigenvalue weighted by atomic mass is 9.98. The van der Waals surface area contributed by atoms with Crippen LogP contribution in [0, 0.1) is 0 Å². The maximum Gasteiger partial charge on any atom is 0.407 e. The van der Waals surface area contributed by atoms with Crippen LogP contribution in [0.3, 0.4) is 0 Å². The van der Waals surface area contributed by atoms with E-state index in [1.165, 1.54) is 35.4 Å². The normalized spacial score (nSPS) is 12.3. The summed E-state index contributed by atoms with van der Waals surface area (Å²) in [5.41, 5.74) is 5.57. The molecule has 0 atom stereocenters. The van der Waals surface area contributed by atoms with Crippen LogP contribution in [0.25, 0.3) is 17.2 Å². The van der Waals surface area contributed by atoms with Gasteiger partial charge in [0.25, 0.3) is 0 Å². The topological polar surface area (TPSA) is 84.9 Å².